The maximum Gasteiger partial charge on any atom is 0.291 e. The molecule has 3 heterocycles. The third-order valence-corrected chi connectivity index (χ3v) is 4.67. The van der Waals surface area contributed by atoms with Crippen molar-refractivity contribution in [2.75, 3.05) is 5.32 Å². The van der Waals surface area contributed by atoms with Gasteiger partial charge in [-0.25, -0.2) is 4.98 Å². The van der Waals surface area contributed by atoms with Gasteiger partial charge in [0.15, 0.2) is 10.9 Å². The summed E-state index contributed by atoms with van der Waals surface area (Å²) in [6, 6.07) is 6.42. The minimum absolute atomic E-state index is 0.105. The molecule has 0 aromatic carbocycles. The van der Waals surface area contributed by atoms with Crippen LogP contribution in [0.2, 0.25) is 0 Å². The molecule has 0 saturated carbocycles. The smallest absolute Gasteiger partial charge is 0.291 e. The number of rotatable bonds is 6. The molecule has 7 nitrogen and oxygen atoms in total. The van der Waals surface area contributed by atoms with Crippen LogP contribution in [0, 0.1) is 0 Å². The molecule has 0 spiro atoms. The average molecular weight is 358 g/mol. The summed E-state index contributed by atoms with van der Waals surface area (Å²) in [5, 5.41) is 3.62. The van der Waals surface area contributed by atoms with Gasteiger partial charge in [-0.2, -0.15) is 0 Å². The molecule has 1 amide bonds. The number of nitrogens with one attached hydrogen (secondary N) is 1. The van der Waals surface area contributed by atoms with Crippen LogP contribution >= 0.6 is 11.8 Å². The summed E-state index contributed by atoms with van der Waals surface area (Å²) in [7, 11) is 1.92. The van der Waals surface area contributed by atoms with Crippen molar-refractivity contribution in [2.45, 2.75) is 24.4 Å². The molecular formula is C17H18N4O3S. The predicted molar refractivity (Wildman–Crippen MR) is 95.8 cm³/mol. The number of hydrogen-bond acceptors (Lipinski definition) is 5. The summed E-state index contributed by atoms with van der Waals surface area (Å²) < 4.78 is 9.04. The van der Waals surface area contributed by atoms with E-state index in [1.807, 2.05) is 24.7 Å². The summed E-state index contributed by atoms with van der Waals surface area (Å²) in [5.74, 6) is 1.15. The topological polar surface area (TPSA) is 82.1 Å². The number of thioether (sulfide) groups is 1. The number of aromatic nitrogens is 3. The zero-order valence-electron chi connectivity index (χ0n) is 13.9. The Kier molecular flexibility index (Phi) is 5.08. The Labute approximate surface area is 148 Å². The fourth-order valence-electron chi connectivity index (χ4n) is 2.25. The monoisotopic (exact) mass is 358 g/mol. The molecule has 1 N–H and O–H groups in total. The first-order chi connectivity index (χ1) is 12.1. The summed E-state index contributed by atoms with van der Waals surface area (Å²) >= 11 is 1.53. The number of anilines is 1. The van der Waals surface area contributed by atoms with Crippen LogP contribution in [0.25, 0.3) is 0 Å². The van der Waals surface area contributed by atoms with Crippen molar-refractivity contribution in [1.29, 1.82) is 0 Å². The highest BCUT2D eigenvalue weighted by Gasteiger charge is 2.13. The van der Waals surface area contributed by atoms with E-state index in [1.165, 1.54) is 22.4 Å². The van der Waals surface area contributed by atoms with Crippen molar-refractivity contribution in [2.24, 2.45) is 7.05 Å². The number of carbonyl (C=O) groups is 1. The largest absolute Gasteiger partial charge is 0.455 e. The van der Waals surface area contributed by atoms with Gasteiger partial charge in [-0.3, -0.25) is 9.59 Å². The Morgan fingerprint density at radius 1 is 1.32 bits per heavy atom. The van der Waals surface area contributed by atoms with Gasteiger partial charge < -0.3 is 18.9 Å². The van der Waals surface area contributed by atoms with Crippen LogP contribution in [0.4, 0.5) is 5.69 Å². The van der Waals surface area contributed by atoms with Crippen LogP contribution < -0.4 is 10.9 Å². The standard InChI is InChI=1S/C17H18N4O3S/c1-3-21-10-12(4-7-15(21)22)19-16(23)14-6-5-13(24-14)11-25-17-18-8-9-20(17)2/h4-10H,3,11H2,1-2H3,(H,19,23). The summed E-state index contributed by atoms with van der Waals surface area (Å²) in [5.41, 5.74) is 0.443. The fraction of sp³-hybridized carbons (Fsp3) is 0.235. The van der Waals surface area contributed by atoms with E-state index in [4.69, 9.17) is 4.42 Å². The number of amides is 1. The molecule has 0 radical (unpaired) electrons. The first-order valence-corrected chi connectivity index (χ1v) is 8.76. The maximum absolute atomic E-state index is 12.3. The predicted octanol–water partition coefficient (Wildman–Crippen LogP) is 2.74. The van der Waals surface area contributed by atoms with Crippen LogP contribution in [0.1, 0.15) is 23.2 Å². The first kappa shape index (κ1) is 17.1. The molecule has 0 aliphatic heterocycles. The van der Waals surface area contributed by atoms with Crippen molar-refractivity contribution >= 4 is 23.4 Å². The lowest BCUT2D eigenvalue weighted by Gasteiger charge is -2.06. The normalized spacial score (nSPS) is 10.8. The summed E-state index contributed by atoms with van der Waals surface area (Å²) in [4.78, 5) is 28.1. The molecule has 0 aliphatic carbocycles. The van der Waals surface area contributed by atoms with Crippen LogP contribution in [0.5, 0.6) is 0 Å². The lowest BCUT2D eigenvalue weighted by atomic mass is 10.3. The highest BCUT2D eigenvalue weighted by molar-refractivity contribution is 7.98. The molecule has 130 valence electrons. The molecule has 0 bridgehead atoms. The average Bonchev–Trinajstić information content (AvgIpc) is 3.23. The molecule has 3 aromatic rings. The van der Waals surface area contributed by atoms with Crippen molar-refractivity contribution in [1.82, 2.24) is 14.1 Å². The van der Waals surface area contributed by atoms with E-state index in [0.29, 0.717) is 23.7 Å². The third kappa shape index (κ3) is 4.03. The van der Waals surface area contributed by atoms with Gasteiger partial charge in [0.2, 0.25) is 0 Å². The minimum Gasteiger partial charge on any atom is -0.455 e. The SMILES string of the molecule is CCn1cc(NC(=O)c2ccc(CSc3nccn3C)o2)ccc1=O. The van der Waals surface area contributed by atoms with Crippen molar-refractivity contribution in [3.05, 3.63) is 64.7 Å². The quantitative estimate of drug-likeness (QED) is 0.685. The van der Waals surface area contributed by atoms with E-state index >= 15 is 0 Å². The van der Waals surface area contributed by atoms with Crippen LogP contribution in [-0.4, -0.2) is 20.0 Å². The van der Waals surface area contributed by atoms with E-state index in [-0.39, 0.29) is 17.2 Å². The third-order valence-electron chi connectivity index (χ3n) is 3.59. The van der Waals surface area contributed by atoms with Crippen molar-refractivity contribution < 1.29 is 9.21 Å². The second-order valence-electron chi connectivity index (χ2n) is 5.37. The van der Waals surface area contributed by atoms with Gasteiger partial charge in [-0.15, -0.1) is 0 Å². The maximum atomic E-state index is 12.3. The number of furan rings is 1. The van der Waals surface area contributed by atoms with Gasteiger partial charge in [0.1, 0.15) is 5.76 Å². The zero-order valence-corrected chi connectivity index (χ0v) is 14.7. The highest BCUT2D eigenvalue weighted by Crippen LogP contribution is 2.22. The number of pyridine rings is 1. The van der Waals surface area contributed by atoms with Gasteiger partial charge in [-0.05, 0) is 25.1 Å². The Hall–Kier alpha value is -2.74. The van der Waals surface area contributed by atoms with Crippen molar-refractivity contribution in [3.8, 4) is 0 Å². The molecule has 0 aliphatic rings. The number of nitrogens with zero attached hydrogens (tertiary/aromatic N) is 3. The lowest BCUT2D eigenvalue weighted by molar-refractivity contribution is 0.0995. The number of hydrogen-bond donors (Lipinski definition) is 1. The molecule has 0 atom stereocenters. The second kappa shape index (κ2) is 7.43. The second-order valence-corrected chi connectivity index (χ2v) is 6.31. The van der Waals surface area contributed by atoms with Gasteiger partial charge in [-0.1, -0.05) is 11.8 Å². The first-order valence-electron chi connectivity index (χ1n) is 7.77. The van der Waals surface area contributed by atoms with Gasteiger partial charge in [0.25, 0.3) is 11.5 Å². The molecule has 0 saturated heterocycles. The molecule has 3 aromatic heterocycles. The van der Waals surface area contributed by atoms with Crippen LogP contribution in [-0.2, 0) is 19.3 Å². The van der Waals surface area contributed by atoms with Crippen molar-refractivity contribution in [3.63, 3.8) is 0 Å². The van der Waals surface area contributed by atoms with E-state index in [0.717, 1.165) is 5.16 Å². The Morgan fingerprint density at radius 3 is 2.88 bits per heavy atom. The van der Waals surface area contributed by atoms with E-state index in [2.05, 4.69) is 10.3 Å². The van der Waals surface area contributed by atoms with E-state index in [1.54, 1.807) is 30.6 Å². The molecule has 8 heteroatoms. The van der Waals surface area contributed by atoms with E-state index in [9.17, 15) is 9.59 Å². The molecular weight excluding hydrogens is 340 g/mol. The highest BCUT2D eigenvalue weighted by atomic mass is 32.2. The Bertz CT molecular complexity index is 941. The molecule has 25 heavy (non-hydrogen) atoms. The molecule has 0 unspecified atom stereocenters. The number of carbonyl (C=O) groups excluding carboxylic acids is 1. The summed E-state index contributed by atoms with van der Waals surface area (Å²) in [6.07, 6.45) is 5.22. The summed E-state index contributed by atoms with van der Waals surface area (Å²) in [6.45, 7) is 2.41. The fourth-order valence-corrected chi connectivity index (χ4v) is 3.08. The lowest BCUT2D eigenvalue weighted by Crippen LogP contribution is -2.19. The molecule has 0 fully saturated rings. The Balaban J connectivity index is 1.64. The van der Waals surface area contributed by atoms with E-state index < -0.39 is 0 Å². The molecule has 3 rings (SSSR count). The van der Waals surface area contributed by atoms with Gasteiger partial charge in [0.05, 0.1) is 11.4 Å². The van der Waals surface area contributed by atoms with Gasteiger partial charge in [0, 0.05) is 38.2 Å². The Morgan fingerprint density at radius 2 is 2.16 bits per heavy atom. The minimum atomic E-state index is -0.352. The van der Waals surface area contributed by atoms with Gasteiger partial charge >= 0.3 is 0 Å². The van der Waals surface area contributed by atoms with Crippen LogP contribution in [0.15, 0.2) is 57.2 Å². The number of aryl methyl sites for hydroxylation is 2. The number of imidazole rings is 1. The zero-order chi connectivity index (χ0) is 17.8. The van der Waals surface area contributed by atoms with Crippen LogP contribution in [0.3, 0.4) is 0 Å².